The first-order valence-electron chi connectivity index (χ1n) is 7.94. The molecule has 8 heteroatoms. The van der Waals surface area contributed by atoms with Crippen LogP contribution >= 0.6 is 7.60 Å². The third-order valence-corrected chi connectivity index (χ3v) is 4.51. The minimum Gasteiger partial charge on any atom is -0.333 e. The van der Waals surface area contributed by atoms with Crippen molar-refractivity contribution in [2.24, 2.45) is 5.73 Å². The minimum atomic E-state index is -4.11. The minimum absolute atomic E-state index is 0.195. The highest BCUT2D eigenvalue weighted by Crippen LogP contribution is 2.38. The molecule has 0 heterocycles. The summed E-state index contributed by atoms with van der Waals surface area (Å²) in [6.07, 6.45) is -0.316. The first kappa shape index (κ1) is 19.8. The van der Waals surface area contributed by atoms with Crippen molar-refractivity contribution in [3.05, 3.63) is 70.8 Å². The van der Waals surface area contributed by atoms with Crippen LogP contribution in [0.3, 0.4) is 0 Å². The molecule has 0 atom stereocenters. The van der Waals surface area contributed by atoms with Crippen molar-refractivity contribution in [3.8, 4) is 6.07 Å². The van der Waals surface area contributed by atoms with E-state index in [4.69, 9.17) is 20.8 Å². The summed E-state index contributed by atoms with van der Waals surface area (Å²) in [4.78, 5) is 32.3. The second-order valence-corrected chi connectivity index (χ2v) is 7.49. The van der Waals surface area contributed by atoms with Crippen LogP contribution < -0.4 is 5.73 Å². The fourth-order valence-corrected chi connectivity index (χ4v) is 3.17. The maximum absolute atomic E-state index is 12.7. The van der Waals surface area contributed by atoms with Gasteiger partial charge in [-0.25, -0.2) is 0 Å². The van der Waals surface area contributed by atoms with Crippen LogP contribution in [0.15, 0.2) is 48.5 Å². The molecule has 0 aliphatic rings. The molecule has 0 aliphatic carbocycles. The molecule has 0 saturated carbocycles. The third kappa shape index (κ3) is 5.80. The Morgan fingerprint density at radius 2 is 1.65 bits per heavy atom. The highest BCUT2D eigenvalue weighted by atomic mass is 31.2. The van der Waals surface area contributed by atoms with Gasteiger partial charge in [-0.3, -0.25) is 9.36 Å². The van der Waals surface area contributed by atoms with Crippen molar-refractivity contribution in [1.29, 1.82) is 5.26 Å². The van der Waals surface area contributed by atoms with E-state index in [0.29, 0.717) is 36.3 Å². The Bertz CT molecular complexity index is 838. The van der Waals surface area contributed by atoms with E-state index in [1.54, 1.807) is 53.4 Å². The molecule has 7 nitrogen and oxygen atoms in total. The number of hydrogen-bond donors (Lipinski definition) is 3. The van der Waals surface area contributed by atoms with Crippen LogP contribution in [0.4, 0.5) is 0 Å². The summed E-state index contributed by atoms with van der Waals surface area (Å²) in [6, 6.07) is 15.1. The van der Waals surface area contributed by atoms with Gasteiger partial charge in [-0.05, 0) is 35.4 Å². The van der Waals surface area contributed by atoms with Crippen molar-refractivity contribution in [1.82, 2.24) is 4.90 Å². The van der Waals surface area contributed by atoms with Gasteiger partial charge in [-0.2, -0.15) is 5.26 Å². The molecule has 0 radical (unpaired) electrons. The molecule has 1 amide bonds. The van der Waals surface area contributed by atoms with Crippen LogP contribution in [-0.2, 0) is 17.3 Å². The van der Waals surface area contributed by atoms with Crippen molar-refractivity contribution in [3.63, 3.8) is 0 Å². The predicted octanol–water partition coefficient (Wildman–Crippen LogP) is 1.84. The molecule has 2 rings (SSSR count). The lowest BCUT2D eigenvalue weighted by molar-refractivity contribution is 0.0748. The fourth-order valence-electron chi connectivity index (χ4n) is 2.49. The van der Waals surface area contributed by atoms with Crippen LogP contribution in [0, 0.1) is 11.3 Å². The zero-order chi connectivity index (χ0) is 19.2. The Labute approximate surface area is 151 Å². The standard InChI is InChI=1S/C18H20N3O4P/c19-9-10-21(18(22)17-7-5-14(11-20)6-8-17)12-15-1-3-16(4-2-15)13-26(23,24)25/h1-8H,9-10,12-13,19H2,(H2,23,24,25). The summed E-state index contributed by atoms with van der Waals surface area (Å²) in [6.45, 7) is 0.994. The van der Waals surface area contributed by atoms with Crippen molar-refractivity contribution >= 4 is 13.5 Å². The summed E-state index contributed by atoms with van der Waals surface area (Å²) >= 11 is 0. The highest BCUT2D eigenvalue weighted by Gasteiger charge is 2.17. The van der Waals surface area contributed by atoms with Gasteiger partial charge >= 0.3 is 7.60 Å². The first-order chi connectivity index (χ1) is 12.3. The van der Waals surface area contributed by atoms with Gasteiger partial charge in [-0.1, -0.05) is 24.3 Å². The monoisotopic (exact) mass is 373 g/mol. The van der Waals surface area contributed by atoms with Crippen LogP contribution in [0.2, 0.25) is 0 Å². The summed E-state index contributed by atoms with van der Waals surface area (Å²) in [5.41, 5.74) is 7.92. The molecule has 0 fully saturated rings. The second kappa shape index (κ2) is 8.75. The van der Waals surface area contributed by atoms with Gasteiger partial charge in [0, 0.05) is 25.2 Å². The zero-order valence-electron chi connectivity index (χ0n) is 14.1. The third-order valence-electron chi connectivity index (χ3n) is 3.73. The van der Waals surface area contributed by atoms with E-state index in [2.05, 4.69) is 0 Å². The molecule has 4 N–H and O–H groups in total. The summed E-state index contributed by atoms with van der Waals surface area (Å²) < 4.78 is 11.0. The van der Waals surface area contributed by atoms with E-state index in [-0.39, 0.29) is 12.1 Å². The summed E-state index contributed by atoms with van der Waals surface area (Å²) in [7, 11) is -4.11. The molecular formula is C18H20N3O4P. The van der Waals surface area contributed by atoms with Gasteiger partial charge in [0.05, 0.1) is 17.8 Å². The SMILES string of the molecule is N#Cc1ccc(C(=O)N(CCN)Cc2ccc(CP(=O)(O)O)cc2)cc1. The number of nitriles is 1. The van der Waals surface area contributed by atoms with E-state index in [1.165, 1.54) is 0 Å². The van der Waals surface area contributed by atoms with E-state index in [0.717, 1.165) is 5.56 Å². The average molecular weight is 373 g/mol. The molecule has 136 valence electrons. The number of carbonyl (C=O) groups is 1. The van der Waals surface area contributed by atoms with E-state index >= 15 is 0 Å². The molecule has 0 saturated heterocycles. The van der Waals surface area contributed by atoms with Crippen LogP contribution in [0.25, 0.3) is 0 Å². The molecule has 2 aromatic carbocycles. The number of rotatable bonds is 7. The quantitative estimate of drug-likeness (QED) is 0.636. The topological polar surface area (TPSA) is 128 Å². The van der Waals surface area contributed by atoms with Gasteiger partial charge in [0.15, 0.2) is 0 Å². The van der Waals surface area contributed by atoms with E-state index in [9.17, 15) is 9.36 Å². The van der Waals surface area contributed by atoms with Gasteiger partial charge in [0.1, 0.15) is 0 Å². The molecular weight excluding hydrogens is 353 g/mol. The van der Waals surface area contributed by atoms with Crippen LogP contribution in [0.1, 0.15) is 27.0 Å². The molecule has 0 aromatic heterocycles. The smallest absolute Gasteiger partial charge is 0.329 e. The Balaban J connectivity index is 2.12. The molecule has 0 bridgehead atoms. The lowest BCUT2D eigenvalue weighted by Crippen LogP contribution is -2.34. The number of amides is 1. The Kier molecular flexibility index (Phi) is 6.67. The highest BCUT2D eigenvalue weighted by molar-refractivity contribution is 7.50. The molecule has 0 unspecified atom stereocenters. The number of hydrogen-bond acceptors (Lipinski definition) is 4. The first-order valence-corrected chi connectivity index (χ1v) is 9.74. The van der Waals surface area contributed by atoms with Crippen molar-refractivity contribution in [2.75, 3.05) is 13.1 Å². The molecule has 0 aliphatic heterocycles. The predicted molar refractivity (Wildman–Crippen MR) is 97.1 cm³/mol. The number of nitrogens with zero attached hydrogens (tertiary/aromatic N) is 2. The average Bonchev–Trinajstić information content (AvgIpc) is 2.61. The van der Waals surface area contributed by atoms with Gasteiger partial charge < -0.3 is 20.4 Å². The largest absolute Gasteiger partial charge is 0.333 e. The lowest BCUT2D eigenvalue weighted by atomic mass is 10.1. The fraction of sp³-hybridized carbons (Fsp3) is 0.222. The number of benzene rings is 2. The summed E-state index contributed by atoms with van der Waals surface area (Å²) in [5.74, 6) is -0.195. The molecule has 2 aromatic rings. The number of nitrogens with two attached hydrogens (primary N) is 1. The van der Waals surface area contributed by atoms with Gasteiger partial charge in [0.2, 0.25) is 0 Å². The Hall–Kier alpha value is -2.49. The normalized spacial score (nSPS) is 11.0. The second-order valence-electron chi connectivity index (χ2n) is 5.84. The Morgan fingerprint density at radius 1 is 1.08 bits per heavy atom. The van der Waals surface area contributed by atoms with Gasteiger partial charge in [0.25, 0.3) is 5.91 Å². The van der Waals surface area contributed by atoms with Crippen molar-refractivity contribution in [2.45, 2.75) is 12.7 Å². The van der Waals surface area contributed by atoms with Gasteiger partial charge in [-0.15, -0.1) is 0 Å². The van der Waals surface area contributed by atoms with E-state index in [1.807, 2.05) is 6.07 Å². The maximum atomic E-state index is 12.7. The lowest BCUT2D eigenvalue weighted by Gasteiger charge is -2.22. The number of carbonyl (C=O) groups excluding carboxylic acids is 1. The Morgan fingerprint density at radius 3 is 2.15 bits per heavy atom. The zero-order valence-corrected chi connectivity index (χ0v) is 15.0. The molecule has 26 heavy (non-hydrogen) atoms. The summed E-state index contributed by atoms with van der Waals surface area (Å²) in [5, 5.41) is 8.84. The molecule has 0 spiro atoms. The van der Waals surface area contributed by atoms with E-state index < -0.39 is 7.60 Å². The van der Waals surface area contributed by atoms with Crippen LogP contribution in [-0.4, -0.2) is 33.7 Å². The van der Waals surface area contributed by atoms with Crippen molar-refractivity contribution < 1.29 is 19.1 Å². The van der Waals surface area contributed by atoms with Crippen LogP contribution in [0.5, 0.6) is 0 Å². The maximum Gasteiger partial charge on any atom is 0.329 e.